The maximum absolute atomic E-state index is 4.39. The molecule has 1 fully saturated rings. The summed E-state index contributed by atoms with van der Waals surface area (Å²) in [5.74, 6) is 3.48. The topological polar surface area (TPSA) is 73.4 Å². The van der Waals surface area contributed by atoms with E-state index in [4.69, 9.17) is 0 Å². The normalized spacial score (nSPS) is 19.0. The summed E-state index contributed by atoms with van der Waals surface area (Å²) in [6.07, 6.45) is 4.18. The van der Waals surface area contributed by atoms with E-state index in [0.717, 1.165) is 42.2 Å². The molecule has 1 aliphatic heterocycles. The molecule has 3 heterocycles. The van der Waals surface area contributed by atoms with Crippen molar-refractivity contribution in [2.75, 3.05) is 18.8 Å². The summed E-state index contributed by atoms with van der Waals surface area (Å²) >= 11 is 1.73. The standard InChI is InChI=1S/C13H21N7S/c1-10-16-15-9-20(10)6-7-21-13-18-17-12(19(13)2)11-4-3-5-14-8-11/h9,11,14H,3-8H2,1-2H3/t11-/m1/s1. The molecule has 114 valence electrons. The van der Waals surface area contributed by atoms with E-state index in [1.54, 1.807) is 18.1 Å². The Balaban J connectivity index is 1.58. The highest BCUT2D eigenvalue weighted by atomic mass is 32.2. The van der Waals surface area contributed by atoms with Crippen molar-refractivity contribution in [3.63, 3.8) is 0 Å². The first-order valence-corrected chi connectivity index (χ1v) is 8.31. The predicted molar refractivity (Wildman–Crippen MR) is 81.3 cm³/mol. The lowest BCUT2D eigenvalue weighted by Crippen LogP contribution is -2.29. The Labute approximate surface area is 128 Å². The number of aromatic nitrogens is 6. The molecule has 21 heavy (non-hydrogen) atoms. The first-order chi connectivity index (χ1) is 10.3. The van der Waals surface area contributed by atoms with E-state index < -0.39 is 0 Å². The van der Waals surface area contributed by atoms with Crippen molar-refractivity contribution >= 4 is 11.8 Å². The number of nitrogens with one attached hydrogen (secondary N) is 1. The van der Waals surface area contributed by atoms with Crippen LogP contribution in [0.15, 0.2) is 11.5 Å². The van der Waals surface area contributed by atoms with Crippen LogP contribution in [-0.2, 0) is 13.6 Å². The molecule has 1 atom stereocenters. The summed E-state index contributed by atoms with van der Waals surface area (Å²) in [6.45, 7) is 4.98. The van der Waals surface area contributed by atoms with Crippen LogP contribution in [0.5, 0.6) is 0 Å². The molecule has 0 bridgehead atoms. The summed E-state index contributed by atoms with van der Waals surface area (Å²) in [4.78, 5) is 0. The van der Waals surface area contributed by atoms with Gasteiger partial charge in [0.1, 0.15) is 18.0 Å². The quantitative estimate of drug-likeness (QED) is 0.830. The Kier molecular flexibility index (Phi) is 4.54. The Morgan fingerprint density at radius 3 is 3.00 bits per heavy atom. The van der Waals surface area contributed by atoms with Gasteiger partial charge in [0.15, 0.2) is 5.16 Å². The summed E-state index contributed by atoms with van der Waals surface area (Å²) in [7, 11) is 2.07. The molecule has 1 N–H and O–H groups in total. The van der Waals surface area contributed by atoms with Crippen molar-refractivity contribution in [3.8, 4) is 0 Å². The van der Waals surface area contributed by atoms with Crippen LogP contribution in [-0.4, -0.2) is 48.4 Å². The first kappa shape index (κ1) is 14.5. The van der Waals surface area contributed by atoms with Crippen LogP contribution in [0.25, 0.3) is 0 Å². The molecule has 2 aromatic heterocycles. The van der Waals surface area contributed by atoms with E-state index in [9.17, 15) is 0 Å². The molecule has 3 rings (SSSR count). The van der Waals surface area contributed by atoms with Gasteiger partial charge in [-0.3, -0.25) is 0 Å². The van der Waals surface area contributed by atoms with Gasteiger partial charge in [0.05, 0.1) is 0 Å². The molecular formula is C13H21N7S. The van der Waals surface area contributed by atoms with Gasteiger partial charge in [-0.1, -0.05) is 11.8 Å². The molecule has 0 radical (unpaired) electrons. The minimum absolute atomic E-state index is 0.491. The maximum atomic E-state index is 4.39. The molecule has 1 saturated heterocycles. The molecule has 2 aromatic rings. The molecule has 7 nitrogen and oxygen atoms in total. The monoisotopic (exact) mass is 307 g/mol. The van der Waals surface area contributed by atoms with Crippen LogP contribution < -0.4 is 5.32 Å². The Morgan fingerprint density at radius 2 is 2.29 bits per heavy atom. The zero-order valence-electron chi connectivity index (χ0n) is 12.5. The fourth-order valence-electron chi connectivity index (χ4n) is 2.65. The minimum atomic E-state index is 0.491. The third-order valence-corrected chi connectivity index (χ3v) is 4.90. The lowest BCUT2D eigenvalue weighted by atomic mass is 9.99. The Bertz CT molecular complexity index is 585. The first-order valence-electron chi connectivity index (χ1n) is 7.33. The average Bonchev–Trinajstić information content (AvgIpc) is 3.07. The zero-order chi connectivity index (χ0) is 14.7. The number of thioether (sulfide) groups is 1. The number of rotatable bonds is 5. The van der Waals surface area contributed by atoms with E-state index in [2.05, 4.69) is 41.9 Å². The van der Waals surface area contributed by atoms with Gasteiger partial charge in [-0.25, -0.2) is 0 Å². The van der Waals surface area contributed by atoms with Gasteiger partial charge < -0.3 is 14.5 Å². The van der Waals surface area contributed by atoms with Crippen LogP contribution in [0, 0.1) is 6.92 Å². The second-order valence-electron chi connectivity index (χ2n) is 5.36. The SMILES string of the molecule is Cc1nncn1CCSc1nnc([C@@H]2CCCNC2)n1C. The Morgan fingerprint density at radius 1 is 1.38 bits per heavy atom. The lowest BCUT2D eigenvalue weighted by Gasteiger charge is -2.21. The predicted octanol–water partition coefficient (Wildman–Crippen LogP) is 0.974. The van der Waals surface area contributed by atoms with Gasteiger partial charge in [-0.15, -0.1) is 20.4 Å². The lowest BCUT2D eigenvalue weighted by molar-refractivity contribution is 0.436. The highest BCUT2D eigenvalue weighted by Crippen LogP contribution is 2.24. The van der Waals surface area contributed by atoms with Crippen LogP contribution in [0.3, 0.4) is 0 Å². The number of hydrogen-bond acceptors (Lipinski definition) is 6. The third-order valence-electron chi connectivity index (χ3n) is 3.90. The number of hydrogen-bond donors (Lipinski definition) is 1. The number of piperidine rings is 1. The van der Waals surface area contributed by atoms with Gasteiger partial charge in [0, 0.05) is 31.8 Å². The van der Waals surface area contributed by atoms with Crippen molar-refractivity contribution in [1.82, 2.24) is 34.8 Å². The van der Waals surface area contributed by atoms with Crippen LogP contribution in [0.4, 0.5) is 0 Å². The van der Waals surface area contributed by atoms with E-state index >= 15 is 0 Å². The molecule has 0 spiro atoms. The smallest absolute Gasteiger partial charge is 0.191 e. The highest BCUT2D eigenvalue weighted by Gasteiger charge is 2.21. The fraction of sp³-hybridized carbons (Fsp3) is 0.692. The van der Waals surface area contributed by atoms with E-state index in [1.165, 1.54) is 12.8 Å². The second-order valence-corrected chi connectivity index (χ2v) is 6.43. The number of aryl methyl sites for hydroxylation is 2. The van der Waals surface area contributed by atoms with Crippen LogP contribution in [0.1, 0.15) is 30.4 Å². The largest absolute Gasteiger partial charge is 0.317 e. The summed E-state index contributed by atoms with van der Waals surface area (Å²) in [6, 6.07) is 0. The zero-order valence-corrected chi connectivity index (χ0v) is 13.3. The minimum Gasteiger partial charge on any atom is -0.317 e. The summed E-state index contributed by atoms with van der Waals surface area (Å²) < 4.78 is 4.19. The fourth-order valence-corrected chi connectivity index (χ4v) is 3.50. The van der Waals surface area contributed by atoms with Crippen molar-refractivity contribution < 1.29 is 0 Å². The number of nitrogens with zero attached hydrogens (tertiary/aromatic N) is 6. The molecule has 8 heteroatoms. The van der Waals surface area contributed by atoms with Gasteiger partial charge >= 0.3 is 0 Å². The van der Waals surface area contributed by atoms with Gasteiger partial charge in [0.2, 0.25) is 0 Å². The van der Waals surface area contributed by atoms with Gasteiger partial charge in [0.25, 0.3) is 0 Å². The summed E-state index contributed by atoms with van der Waals surface area (Å²) in [5.41, 5.74) is 0. The molecule has 0 unspecified atom stereocenters. The van der Waals surface area contributed by atoms with Gasteiger partial charge in [-0.2, -0.15) is 0 Å². The maximum Gasteiger partial charge on any atom is 0.191 e. The van der Waals surface area contributed by atoms with Gasteiger partial charge in [-0.05, 0) is 26.3 Å². The van der Waals surface area contributed by atoms with Crippen molar-refractivity contribution in [2.24, 2.45) is 7.05 Å². The third kappa shape index (κ3) is 3.26. The van der Waals surface area contributed by atoms with E-state index in [1.807, 2.05) is 6.92 Å². The van der Waals surface area contributed by atoms with Crippen LogP contribution in [0.2, 0.25) is 0 Å². The Hall–Kier alpha value is -1.41. The van der Waals surface area contributed by atoms with Crippen molar-refractivity contribution in [2.45, 2.75) is 37.4 Å². The molecular weight excluding hydrogens is 286 g/mol. The molecule has 0 aliphatic carbocycles. The second kappa shape index (κ2) is 6.57. The molecule has 0 amide bonds. The van der Waals surface area contributed by atoms with E-state index in [-0.39, 0.29) is 0 Å². The molecule has 0 saturated carbocycles. The average molecular weight is 307 g/mol. The summed E-state index contributed by atoms with van der Waals surface area (Å²) in [5, 5.41) is 21.0. The molecule has 1 aliphatic rings. The molecule has 0 aromatic carbocycles. The van der Waals surface area contributed by atoms with Crippen molar-refractivity contribution in [1.29, 1.82) is 0 Å². The highest BCUT2D eigenvalue weighted by molar-refractivity contribution is 7.99. The van der Waals surface area contributed by atoms with E-state index in [0.29, 0.717) is 5.92 Å². The van der Waals surface area contributed by atoms with Crippen LogP contribution >= 0.6 is 11.8 Å². The van der Waals surface area contributed by atoms with Crippen molar-refractivity contribution in [3.05, 3.63) is 18.0 Å².